The van der Waals surface area contributed by atoms with Gasteiger partial charge >= 0.3 is 0 Å². The third kappa shape index (κ3) is 4.61. The number of carbonyl (C=O) groups is 1. The van der Waals surface area contributed by atoms with Crippen LogP contribution in [0.1, 0.15) is 43.4 Å². The zero-order valence-corrected chi connectivity index (χ0v) is 19.8. The topological polar surface area (TPSA) is 71.7 Å². The number of ketones is 1. The predicted molar refractivity (Wildman–Crippen MR) is 137 cm³/mol. The maximum Gasteiger partial charge on any atom is 0.210 e. The molecule has 0 aromatic heterocycles. The van der Waals surface area contributed by atoms with Crippen molar-refractivity contribution in [1.82, 2.24) is 0 Å². The van der Waals surface area contributed by atoms with Gasteiger partial charge in [-0.2, -0.15) is 5.26 Å². The number of allylic oxidation sites excluding steroid dienone is 5. The normalized spacial score (nSPS) is 20.4. The fourth-order valence-corrected chi connectivity index (χ4v) is 4.46. The van der Waals surface area contributed by atoms with Gasteiger partial charge < -0.3 is 9.47 Å². The van der Waals surface area contributed by atoms with Crippen molar-refractivity contribution in [3.8, 4) is 11.8 Å². The molecule has 35 heavy (non-hydrogen) atoms. The van der Waals surface area contributed by atoms with Gasteiger partial charge in [0.05, 0.1) is 22.9 Å². The smallest absolute Gasteiger partial charge is 0.210 e. The van der Waals surface area contributed by atoms with Gasteiger partial charge in [0.1, 0.15) is 18.1 Å². The quantitative estimate of drug-likeness (QED) is 0.543. The van der Waals surface area contributed by atoms with Gasteiger partial charge in [-0.3, -0.25) is 9.79 Å². The number of aliphatic imine (C=N–C) groups is 1. The lowest BCUT2D eigenvalue weighted by Crippen LogP contribution is -2.29. The molecule has 0 saturated carbocycles. The summed E-state index contributed by atoms with van der Waals surface area (Å²) in [5.74, 6) is 1.54. The molecule has 0 amide bonds. The first-order valence-electron chi connectivity index (χ1n) is 11.8. The van der Waals surface area contributed by atoms with E-state index < -0.39 is 5.60 Å². The Labute approximate surface area is 205 Å². The van der Waals surface area contributed by atoms with Crippen molar-refractivity contribution >= 4 is 22.8 Å². The van der Waals surface area contributed by atoms with Crippen LogP contribution in [0.4, 0.5) is 0 Å². The van der Waals surface area contributed by atoms with E-state index in [1.807, 2.05) is 42.5 Å². The fraction of sp³-hybridized carbons (Fsp3) is 0.233. The van der Waals surface area contributed by atoms with Gasteiger partial charge in [0.25, 0.3) is 0 Å². The van der Waals surface area contributed by atoms with E-state index in [2.05, 4.69) is 30.4 Å². The Kier molecular flexibility index (Phi) is 5.96. The molecule has 2 aliphatic heterocycles. The summed E-state index contributed by atoms with van der Waals surface area (Å²) in [6.45, 7) is 3.93. The molecule has 0 N–H and O–H groups in total. The molecule has 1 unspecified atom stereocenters. The van der Waals surface area contributed by atoms with Crippen molar-refractivity contribution in [3.63, 3.8) is 0 Å². The van der Waals surface area contributed by atoms with Crippen molar-refractivity contribution < 1.29 is 14.3 Å². The summed E-state index contributed by atoms with van der Waals surface area (Å²) in [5.41, 5.74) is 3.68. The molecule has 1 atom stereocenters. The number of nitrogens with zero attached hydrogens (tertiary/aromatic N) is 2. The fourth-order valence-electron chi connectivity index (χ4n) is 4.46. The number of Topliss-reactive ketones (excluding diaryl/α,β-unsaturated/α-hetero) is 1. The monoisotopic (exact) mass is 462 g/mol. The summed E-state index contributed by atoms with van der Waals surface area (Å²) in [6.07, 6.45) is 12.5. The molecule has 1 aliphatic carbocycles. The lowest BCUT2D eigenvalue weighted by Gasteiger charge is -2.17. The minimum absolute atomic E-state index is 0.0749. The highest BCUT2D eigenvalue weighted by atomic mass is 16.5. The number of benzene rings is 2. The maximum atomic E-state index is 13.2. The first-order chi connectivity index (χ1) is 16.9. The molecule has 0 radical (unpaired) electrons. The van der Waals surface area contributed by atoms with Crippen LogP contribution in [0.25, 0.3) is 11.3 Å². The van der Waals surface area contributed by atoms with Crippen LogP contribution in [0, 0.1) is 17.2 Å². The van der Waals surface area contributed by atoms with Crippen LogP contribution in [0.2, 0.25) is 0 Å². The number of ether oxygens (including phenoxy) is 2. The van der Waals surface area contributed by atoms with Crippen molar-refractivity contribution in [2.24, 2.45) is 10.9 Å². The molecule has 3 aliphatic rings. The van der Waals surface area contributed by atoms with Gasteiger partial charge in [-0.15, -0.1) is 0 Å². The molecule has 0 saturated heterocycles. The van der Waals surface area contributed by atoms with Gasteiger partial charge in [-0.25, -0.2) is 0 Å². The van der Waals surface area contributed by atoms with Crippen LogP contribution in [0.3, 0.4) is 0 Å². The van der Waals surface area contributed by atoms with E-state index in [4.69, 9.17) is 19.7 Å². The molecule has 2 heterocycles. The second-order valence-electron chi connectivity index (χ2n) is 9.31. The molecule has 5 heteroatoms. The zero-order chi connectivity index (χ0) is 24.4. The third-order valence-electron chi connectivity index (χ3n) is 6.40. The summed E-state index contributed by atoms with van der Waals surface area (Å²) in [4.78, 5) is 18.0. The number of fused-ring (bicyclic) bond motifs is 1. The number of hydrogen-bond donors (Lipinski definition) is 0. The molecule has 2 aromatic carbocycles. The Bertz CT molecular complexity index is 1350. The average Bonchev–Trinajstić information content (AvgIpc) is 3.01. The van der Waals surface area contributed by atoms with E-state index in [-0.39, 0.29) is 5.78 Å². The average molecular weight is 463 g/mol. The minimum atomic E-state index is -0.959. The number of nitriles is 1. The van der Waals surface area contributed by atoms with Crippen molar-refractivity contribution in [2.45, 2.75) is 32.3 Å². The van der Waals surface area contributed by atoms with E-state index in [9.17, 15) is 4.79 Å². The standard InChI is InChI=1S/C30H26N2O3/c1-30(2)29(33)27(28(35-30)23-12-10-20(18-31)11-13-23)22-14-16-25(17-15-22)34-19-24-8-5-7-21-6-3-4-9-26(21)32-24/h3-4,6,8-17,21H,5,7,19H2,1-2H3. The minimum Gasteiger partial charge on any atom is -0.487 e. The van der Waals surface area contributed by atoms with Gasteiger partial charge in [0.2, 0.25) is 5.78 Å². The Morgan fingerprint density at radius 3 is 2.57 bits per heavy atom. The number of hydrogen-bond acceptors (Lipinski definition) is 5. The Hall–Kier alpha value is -4.17. The van der Waals surface area contributed by atoms with Crippen LogP contribution < -0.4 is 4.74 Å². The van der Waals surface area contributed by atoms with E-state index in [0.717, 1.165) is 35.4 Å². The molecule has 5 nitrogen and oxygen atoms in total. The zero-order valence-electron chi connectivity index (χ0n) is 19.8. The second kappa shape index (κ2) is 9.23. The largest absolute Gasteiger partial charge is 0.487 e. The van der Waals surface area contributed by atoms with Crippen molar-refractivity contribution in [1.29, 1.82) is 5.26 Å². The molecule has 0 fully saturated rings. The van der Waals surface area contributed by atoms with Gasteiger partial charge in [0.15, 0.2) is 5.60 Å². The molecule has 174 valence electrons. The molecular formula is C30H26N2O3. The SMILES string of the molecule is CC1(C)OC(c2ccc(C#N)cc2)=C(c2ccc(OCC3=CCCC4C=CC=CC4=N3)cc2)C1=O. The molecule has 2 aromatic rings. The summed E-state index contributed by atoms with van der Waals surface area (Å²) in [6, 6.07) is 16.7. The van der Waals surface area contributed by atoms with E-state index in [1.165, 1.54) is 0 Å². The first kappa shape index (κ1) is 22.6. The third-order valence-corrected chi connectivity index (χ3v) is 6.40. The summed E-state index contributed by atoms with van der Waals surface area (Å²) in [5, 5.41) is 9.09. The van der Waals surface area contributed by atoms with Gasteiger partial charge in [0, 0.05) is 17.2 Å². The second-order valence-corrected chi connectivity index (χ2v) is 9.31. The number of carbonyl (C=O) groups excluding carboxylic acids is 1. The van der Waals surface area contributed by atoms with E-state index in [1.54, 1.807) is 26.0 Å². The van der Waals surface area contributed by atoms with E-state index >= 15 is 0 Å². The highest BCUT2D eigenvalue weighted by Gasteiger charge is 2.42. The Morgan fingerprint density at radius 1 is 1.09 bits per heavy atom. The lowest BCUT2D eigenvalue weighted by atomic mass is 9.92. The Balaban J connectivity index is 1.36. The predicted octanol–water partition coefficient (Wildman–Crippen LogP) is 6.04. The summed E-state index contributed by atoms with van der Waals surface area (Å²) in [7, 11) is 0. The van der Waals surface area contributed by atoms with E-state index in [0.29, 0.717) is 35.2 Å². The van der Waals surface area contributed by atoms with Gasteiger partial charge in [-0.1, -0.05) is 36.4 Å². The highest BCUT2D eigenvalue weighted by Crippen LogP contribution is 2.41. The van der Waals surface area contributed by atoms with Crippen LogP contribution in [-0.2, 0) is 9.53 Å². The van der Waals surface area contributed by atoms with Crippen LogP contribution in [0.5, 0.6) is 5.75 Å². The molecule has 5 rings (SSSR count). The van der Waals surface area contributed by atoms with Crippen molar-refractivity contribution in [2.75, 3.05) is 6.61 Å². The molecular weight excluding hydrogens is 436 g/mol. The van der Waals surface area contributed by atoms with Crippen LogP contribution >= 0.6 is 0 Å². The summed E-state index contributed by atoms with van der Waals surface area (Å²) < 4.78 is 12.1. The molecule has 0 bridgehead atoms. The number of rotatable bonds is 5. The van der Waals surface area contributed by atoms with Gasteiger partial charge in [-0.05, 0) is 74.7 Å². The maximum absolute atomic E-state index is 13.2. The Morgan fingerprint density at radius 2 is 1.83 bits per heavy atom. The van der Waals surface area contributed by atoms with Crippen molar-refractivity contribution in [3.05, 3.63) is 101 Å². The first-order valence-corrected chi connectivity index (χ1v) is 11.8. The van der Waals surface area contributed by atoms with Crippen LogP contribution in [0.15, 0.2) is 89.6 Å². The molecule has 0 spiro atoms. The summed E-state index contributed by atoms with van der Waals surface area (Å²) >= 11 is 0. The lowest BCUT2D eigenvalue weighted by molar-refractivity contribution is -0.125. The highest BCUT2D eigenvalue weighted by molar-refractivity contribution is 6.32. The van der Waals surface area contributed by atoms with Crippen LogP contribution in [-0.4, -0.2) is 23.7 Å².